The van der Waals surface area contributed by atoms with E-state index in [2.05, 4.69) is 172 Å². The molecule has 0 aliphatic rings. The maximum atomic E-state index is 2.41. The zero-order valence-electron chi connectivity index (χ0n) is 29.4. The van der Waals surface area contributed by atoms with Gasteiger partial charge in [0.25, 0.3) is 0 Å². The lowest BCUT2D eigenvalue weighted by Crippen LogP contribution is -2.50. The highest BCUT2D eigenvalue weighted by atomic mass is 14.2. The molecular weight excluding hydrogens is 567 g/mol. The van der Waals surface area contributed by atoms with E-state index in [0.717, 1.165) is 0 Å². The third-order valence-corrected chi connectivity index (χ3v) is 11.7. The van der Waals surface area contributed by atoms with Gasteiger partial charge in [-0.15, -0.1) is 21.9 Å². The summed E-state index contributed by atoms with van der Waals surface area (Å²) in [5.41, 5.74) is 18.8. The summed E-state index contributed by atoms with van der Waals surface area (Å²) < 4.78 is 0. The lowest BCUT2D eigenvalue weighted by atomic mass is 9.59. The number of hydrogen-bond donors (Lipinski definition) is 0. The third kappa shape index (κ3) is 4.56. The van der Waals surface area contributed by atoms with Gasteiger partial charge in [0.05, 0.1) is 0 Å². The van der Waals surface area contributed by atoms with E-state index in [1.165, 1.54) is 120 Å². The number of hydrogen-bond acceptors (Lipinski definition) is 0. The second-order valence-corrected chi connectivity index (χ2v) is 14.0. The lowest BCUT2D eigenvalue weighted by molar-refractivity contribution is 1.64. The van der Waals surface area contributed by atoms with Crippen LogP contribution < -0.4 is 43.7 Å². The molecule has 218 valence electrons. The Bertz CT molecular complexity index is 2560. The summed E-state index contributed by atoms with van der Waals surface area (Å²) in [5.74, 6) is 0. The molecule has 0 fully saturated rings. The van der Waals surface area contributed by atoms with Gasteiger partial charge in [-0.2, -0.15) is 0 Å². The largest absolute Gasteiger partial charge is 0.139 e. The summed E-state index contributed by atoms with van der Waals surface area (Å²) >= 11 is 0. The Morgan fingerprint density at radius 1 is 0.250 bits per heavy atom. The van der Waals surface area contributed by atoms with Crippen LogP contribution in [0.4, 0.5) is 0 Å². The van der Waals surface area contributed by atoms with Gasteiger partial charge in [0.1, 0.15) is 62.8 Å². The predicted molar refractivity (Wildman–Crippen MR) is 238 cm³/mol. The van der Waals surface area contributed by atoms with Crippen molar-refractivity contribution in [2.24, 2.45) is 0 Å². The van der Waals surface area contributed by atoms with E-state index in [1.54, 1.807) is 0 Å². The number of benzene rings is 8. The Balaban J connectivity index is 1.51. The van der Waals surface area contributed by atoms with Gasteiger partial charge in [-0.1, -0.05) is 119 Å². The third-order valence-electron chi connectivity index (χ3n) is 11.7. The summed E-state index contributed by atoms with van der Waals surface area (Å²) in [6.07, 6.45) is 0. The van der Waals surface area contributed by atoms with E-state index >= 15 is 0 Å². The lowest BCUT2D eigenvalue weighted by Gasteiger charge is -2.28. The highest BCUT2D eigenvalue weighted by molar-refractivity contribution is 6.71. The molecule has 0 saturated heterocycles. The molecule has 8 heteroatoms. The van der Waals surface area contributed by atoms with Gasteiger partial charge < -0.3 is 0 Å². The molecule has 0 nitrogen and oxygen atoms in total. The molecule has 48 heavy (non-hydrogen) atoms. The summed E-state index contributed by atoms with van der Waals surface area (Å²) in [7, 11) is 18.6. The van der Waals surface area contributed by atoms with Gasteiger partial charge in [0.15, 0.2) is 0 Å². The van der Waals surface area contributed by atoms with Gasteiger partial charge in [-0.05, 0) is 88.6 Å². The van der Waals surface area contributed by atoms with Gasteiger partial charge in [-0.3, -0.25) is 0 Å². The van der Waals surface area contributed by atoms with Crippen molar-refractivity contribution in [2.75, 3.05) is 0 Å². The van der Waals surface area contributed by atoms with Crippen LogP contribution in [0.15, 0.2) is 109 Å². The highest BCUT2D eigenvalue weighted by Gasteiger charge is 2.25. The number of rotatable bonds is 3. The molecule has 0 N–H and O–H groups in total. The Hall–Kier alpha value is -4.68. The van der Waals surface area contributed by atoms with Crippen molar-refractivity contribution in [1.29, 1.82) is 0 Å². The molecule has 0 spiro atoms. The second-order valence-electron chi connectivity index (χ2n) is 14.0. The molecule has 0 aliphatic carbocycles. The summed E-state index contributed by atoms with van der Waals surface area (Å²) in [6, 6.07) is 40.6. The Labute approximate surface area is 291 Å². The second kappa shape index (κ2) is 11.5. The molecule has 0 atom stereocenters. The van der Waals surface area contributed by atoms with Gasteiger partial charge in [0, 0.05) is 0 Å². The molecule has 8 rings (SSSR count). The first-order chi connectivity index (χ1) is 23.2. The SMILES string of the molecule is Bc1c(B)c(B)c2c(-c3ccc4ccccc4c3)c3c(B)c(B)c(B)c(B)c3c(-c3ccc(-c4ccc5ccccc5c4)cc3)c2c1B. The first-order valence-electron chi connectivity index (χ1n) is 17.2. The van der Waals surface area contributed by atoms with Gasteiger partial charge in [0.2, 0.25) is 0 Å². The van der Waals surface area contributed by atoms with E-state index in [1.807, 2.05) is 0 Å². The molecule has 0 heterocycles. The van der Waals surface area contributed by atoms with Crippen LogP contribution in [0.5, 0.6) is 0 Å². The minimum Gasteiger partial charge on any atom is -0.101 e. The van der Waals surface area contributed by atoms with Crippen LogP contribution in [-0.2, 0) is 0 Å². The molecule has 0 amide bonds. The van der Waals surface area contributed by atoms with E-state index in [-0.39, 0.29) is 0 Å². The van der Waals surface area contributed by atoms with Crippen molar-refractivity contribution < 1.29 is 0 Å². The first kappa shape index (κ1) is 30.6. The molecule has 0 aromatic heterocycles. The van der Waals surface area contributed by atoms with Crippen molar-refractivity contribution in [3.8, 4) is 33.4 Å². The van der Waals surface area contributed by atoms with Gasteiger partial charge >= 0.3 is 0 Å². The van der Waals surface area contributed by atoms with Crippen molar-refractivity contribution in [2.45, 2.75) is 0 Å². The first-order valence-corrected chi connectivity index (χ1v) is 17.2. The van der Waals surface area contributed by atoms with Crippen molar-refractivity contribution in [3.05, 3.63) is 109 Å². The average molecular weight is 601 g/mol. The monoisotopic (exact) mass is 602 g/mol. The minimum absolute atomic E-state index is 1.24. The standard InChI is InChI=1S/C40H34B8/c41-33-29-27(22-13-9-21(10-14-22)25-15-11-19-5-1-3-7-23(19)17-25)30-32(36(44)40(48)38(46)34(30)42)28(31(29)35(43)39(47)37(33)45)26-16-12-20-6-2-4-8-24(20)18-26/h1-18H,41-48H2. The predicted octanol–water partition coefficient (Wildman–Crippen LogP) is -2.63. The normalized spacial score (nSPS) is 11.6. The van der Waals surface area contributed by atoms with Crippen LogP contribution in [0.2, 0.25) is 0 Å². The molecule has 0 aliphatic heterocycles. The summed E-state index contributed by atoms with van der Waals surface area (Å²) in [6.45, 7) is 0. The topological polar surface area (TPSA) is 0 Å². The Morgan fingerprint density at radius 2 is 0.562 bits per heavy atom. The number of fused-ring (bicyclic) bond motifs is 4. The van der Waals surface area contributed by atoms with Crippen LogP contribution >= 0.6 is 0 Å². The van der Waals surface area contributed by atoms with Crippen LogP contribution in [0, 0.1) is 0 Å². The van der Waals surface area contributed by atoms with Crippen LogP contribution in [0.25, 0.3) is 76.5 Å². The van der Waals surface area contributed by atoms with E-state index < -0.39 is 0 Å². The highest BCUT2D eigenvalue weighted by Crippen LogP contribution is 2.41. The van der Waals surface area contributed by atoms with E-state index in [0.29, 0.717) is 0 Å². The van der Waals surface area contributed by atoms with Crippen LogP contribution in [0.3, 0.4) is 0 Å². The zero-order valence-corrected chi connectivity index (χ0v) is 29.4. The fourth-order valence-electron chi connectivity index (χ4n) is 8.25. The molecule has 0 radical (unpaired) electrons. The Morgan fingerprint density at radius 3 is 1.00 bits per heavy atom. The quantitative estimate of drug-likeness (QED) is 0.154. The Kier molecular flexibility index (Phi) is 7.33. The van der Waals surface area contributed by atoms with Gasteiger partial charge in [-0.25, -0.2) is 0 Å². The summed E-state index contributed by atoms with van der Waals surface area (Å²) in [4.78, 5) is 0. The zero-order chi connectivity index (χ0) is 33.4. The smallest absolute Gasteiger partial charge is 0.101 e. The van der Waals surface area contributed by atoms with E-state index in [4.69, 9.17) is 0 Å². The van der Waals surface area contributed by atoms with Crippen LogP contribution in [0.1, 0.15) is 0 Å². The average Bonchev–Trinajstić information content (AvgIpc) is 3.13. The molecule has 0 unspecified atom stereocenters. The van der Waals surface area contributed by atoms with Crippen molar-refractivity contribution in [1.82, 2.24) is 0 Å². The fourth-order valence-corrected chi connectivity index (χ4v) is 8.25. The molecular formula is C40H34B8. The van der Waals surface area contributed by atoms with E-state index in [9.17, 15) is 0 Å². The maximum Gasteiger partial charge on any atom is 0.139 e. The maximum absolute atomic E-state index is 2.41. The summed E-state index contributed by atoms with van der Waals surface area (Å²) in [5, 5.41) is 10.6. The molecule has 0 saturated carbocycles. The van der Waals surface area contributed by atoms with Crippen molar-refractivity contribution >= 4 is 150 Å². The molecule has 8 aromatic carbocycles. The van der Waals surface area contributed by atoms with Crippen LogP contribution in [-0.4, -0.2) is 62.8 Å². The molecule has 8 aromatic rings. The fraction of sp³-hybridized carbons (Fsp3) is 0. The van der Waals surface area contributed by atoms with Crippen molar-refractivity contribution in [3.63, 3.8) is 0 Å². The molecule has 0 bridgehead atoms. The minimum atomic E-state index is 1.24.